The molecule has 0 heterocycles. The molecule has 0 aliphatic carbocycles. The van der Waals surface area contributed by atoms with Gasteiger partial charge in [0.15, 0.2) is 0 Å². The minimum atomic E-state index is -1.03. The molecule has 0 amide bonds. The standard InChI is InChI=1S/C16H29N5O4/c1-11(2)13(15(24)25)19-8-4-3-5-9-20-16(18)21-10-6-7-12(17)14(22)23/h8-9,11-13H,3-7,10,17H2,1-2H3,(H2,18,21)(H,22,23)(H,24,25)/t12-,13-/m0/s1. The van der Waals surface area contributed by atoms with E-state index in [-0.39, 0.29) is 11.9 Å². The summed E-state index contributed by atoms with van der Waals surface area (Å²) < 4.78 is 0. The van der Waals surface area contributed by atoms with Crippen molar-refractivity contribution in [2.75, 3.05) is 6.54 Å². The van der Waals surface area contributed by atoms with Crippen molar-refractivity contribution in [1.29, 1.82) is 0 Å². The number of aliphatic imine (C=N–C) groups is 3. The predicted octanol–water partition coefficient (Wildman–Crippen LogP) is 0.914. The van der Waals surface area contributed by atoms with Crippen LogP contribution in [0.4, 0.5) is 0 Å². The van der Waals surface area contributed by atoms with E-state index in [9.17, 15) is 9.59 Å². The summed E-state index contributed by atoms with van der Waals surface area (Å²) in [5, 5.41) is 17.6. The van der Waals surface area contributed by atoms with Crippen LogP contribution in [0, 0.1) is 5.92 Å². The average molecular weight is 355 g/mol. The molecule has 0 bridgehead atoms. The molecule has 2 atom stereocenters. The van der Waals surface area contributed by atoms with Crippen LogP contribution in [0.5, 0.6) is 0 Å². The van der Waals surface area contributed by atoms with Crippen LogP contribution in [0.1, 0.15) is 46.0 Å². The summed E-state index contributed by atoms with van der Waals surface area (Å²) >= 11 is 0. The van der Waals surface area contributed by atoms with E-state index >= 15 is 0 Å². The molecular formula is C16H29N5O4. The van der Waals surface area contributed by atoms with Crippen molar-refractivity contribution in [2.45, 2.75) is 58.0 Å². The molecule has 142 valence electrons. The first-order valence-corrected chi connectivity index (χ1v) is 8.31. The van der Waals surface area contributed by atoms with Gasteiger partial charge in [0.05, 0.1) is 0 Å². The molecule has 0 fully saturated rings. The number of guanidine groups is 1. The first-order valence-electron chi connectivity index (χ1n) is 8.31. The second-order valence-corrected chi connectivity index (χ2v) is 5.93. The van der Waals surface area contributed by atoms with E-state index in [1.807, 2.05) is 13.8 Å². The Balaban J connectivity index is 3.95. The maximum Gasteiger partial charge on any atom is 0.328 e. The summed E-state index contributed by atoms with van der Waals surface area (Å²) in [5.74, 6) is -1.85. The van der Waals surface area contributed by atoms with E-state index < -0.39 is 24.0 Å². The number of aliphatic carboxylic acids is 2. The Morgan fingerprint density at radius 1 is 1.08 bits per heavy atom. The van der Waals surface area contributed by atoms with Crippen LogP contribution in [0.25, 0.3) is 0 Å². The molecule has 0 unspecified atom stereocenters. The molecule has 25 heavy (non-hydrogen) atoms. The van der Waals surface area contributed by atoms with Gasteiger partial charge in [-0.3, -0.25) is 14.8 Å². The van der Waals surface area contributed by atoms with Crippen molar-refractivity contribution in [3.8, 4) is 0 Å². The van der Waals surface area contributed by atoms with Gasteiger partial charge in [0.2, 0.25) is 5.96 Å². The van der Waals surface area contributed by atoms with Gasteiger partial charge in [0, 0.05) is 12.8 Å². The minimum Gasteiger partial charge on any atom is -0.480 e. The number of hydrogen-bond donors (Lipinski definition) is 4. The summed E-state index contributed by atoms with van der Waals surface area (Å²) in [4.78, 5) is 33.5. The number of nitrogens with two attached hydrogens (primary N) is 2. The summed E-state index contributed by atoms with van der Waals surface area (Å²) in [7, 11) is 0. The van der Waals surface area contributed by atoms with Gasteiger partial charge in [-0.15, -0.1) is 0 Å². The largest absolute Gasteiger partial charge is 0.480 e. The Bertz CT molecular complexity index is 503. The lowest BCUT2D eigenvalue weighted by Gasteiger charge is -2.10. The highest BCUT2D eigenvalue weighted by molar-refractivity contribution is 5.86. The van der Waals surface area contributed by atoms with Crippen molar-refractivity contribution >= 4 is 30.3 Å². The van der Waals surface area contributed by atoms with Crippen molar-refractivity contribution in [2.24, 2.45) is 32.4 Å². The number of rotatable bonds is 12. The van der Waals surface area contributed by atoms with E-state index in [0.717, 1.165) is 6.42 Å². The molecule has 0 spiro atoms. The van der Waals surface area contributed by atoms with Crippen LogP contribution < -0.4 is 11.5 Å². The van der Waals surface area contributed by atoms with E-state index in [1.165, 1.54) is 0 Å². The van der Waals surface area contributed by atoms with Crippen LogP contribution in [0.3, 0.4) is 0 Å². The van der Waals surface area contributed by atoms with Crippen LogP contribution >= 0.6 is 0 Å². The van der Waals surface area contributed by atoms with Crippen molar-refractivity contribution in [3.63, 3.8) is 0 Å². The Hall–Kier alpha value is -2.29. The molecule has 0 aliphatic heterocycles. The topological polar surface area (TPSA) is 164 Å². The number of carboxylic acids is 2. The van der Waals surface area contributed by atoms with Crippen LogP contribution in [0.15, 0.2) is 15.0 Å². The lowest BCUT2D eigenvalue weighted by molar-refractivity contribution is -0.140. The fourth-order valence-corrected chi connectivity index (χ4v) is 1.84. The number of carbonyl (C=O) groups is 2. The number of hydrogen-bond acceptors (Lipinski definition) is 5. The first kappa shape index (κ1) is 22.7. The van der Waals surface area contributed by atoms with Crippen LogP contribution in [0.2, 0.25) is 0 Å². The molecule has 0 aliphatic rings. The van der Waals surface area contributed by atoms with Crippen molar-refractivity contribution < 1.29 is 19.8 Å². The van der Waals surface area contributed by atoms with E-state index in [2.05, 4.69) is 15.0 Å². The molecular weight excluding hydrogens is 326 g/mol. The molecule has 0 rings (SSSR count). The van der Waals surface area contributed by atoms with E-state index in [0.29, 0.717) is 32.2 Å². The summed E-state index contributed by atoms with van der Waals surface area (Å²) in [6.45, 7) is 4.02. The van der Waals surface area contributed by atoms with Gasteiger partial charge >= 0.3 is 11.9 Å². The SMILES string of the molecule is CC(C)[C@H](N=CCCCC=NC(N)=NCCC[C@H](N)C(=O)O)C(=O)O. The number of unbranched alkanes of at least 4 members (excludes halogenated alkanes) is 2. The lowest BCUT2D eigenvalue weighted by Crippen LogP contribution is -2.30. The quantitative estimate of drug-likeness (QED) is 0.231. The van der Waals surface area contributed by atoms with E-state index in [1.54, 1.807) is 12.4 Å². The molecule has 0 aromatic carbocycles. The summed E-state index contributed by atoms with van der Waals surface area (Å²) in [5.41, 5.74) is 11.0. The van der Waals surface area contributed by atoms with Crippen LogP contribution in [-0.4, -0.2) is 59.2 Å². The zero-order valence-electron chi connectivity index (χ0n) is 14.8. The van der Waals surface area contributed by atoms with Gasteiger partial charge < -0.3 is 21.7 Å². The molecule has 0 saturated carbocycles. The number of nitrogens with zero attached hydrogens (tertiary/aromatic N) is 3. The Morgan fingerprint density at radius 3 is 2.28 bits per heavy atom. The smallest absolute Gasteiger partial charge is 0.328 e. The van der Waals surface area contributed by atoms with Crippen molar-refractivity contribution in [1.82, 2.24) is 0 Å². The molecule has 0 radical (unpaired) electrons. The monoisotopic (exact) mass is 355 g/mol. The van der Waals surface area contributed by atoms with Crippen LogP contribution in [-0.2, 0) is 9.59 Å². The van der Waals surface area contributed by atoms with E-state index in [4.69, 9.17) is 21.7 Å². The lowest BCUT2D eigenvalue weighted by atomic mass is 10.1. The maximum atomic E-state index is 11.0. The summed E-state index contributed by atoms with van der Waals surface area (Å²) in [6, 6.07) is -1.58. The highest BCUT2D eigenvalue weighted by Gasteiger charge is 2.18. The highest BCUT2D eigenvalue weighted by Crippen LogP contribution is 2.06. The predicted molar refractivity (Wildman–Crippen MR) is 98.4 cm³/mol. The molecule has 9 nitrogen and oxygen atoms in total. The van der Waals surface area contributed by atoms with Gasteiger partial charge in [0.1, 0.15) is 12.1 Å². The zero-order valence-corrected chi connectivity index (χ0v) is 14.8. The Morgan fingerprint density at radius 2 is 1.72 bits per heavy atom. The molecule has 9 heteroatoms. The average Bonchev–Trinajstić information content (AvgIpc) is 2.52. The van der Waals surface area contributed by atoms with Gasteiger partial charge in [0.25, 0.3) is 0 Å². The third-order valence-corrected chi connectivity index (χ3v) is 3.30. The normalized spacial score (nSPS) is 15.1. The molecule has 0 saturated heterocycles. The second-order valence-electron chi connectivity index (χ2n) is 5.93. The fourth-order valence-electron chi connectivity index (χ4n) is 1.84. The van der Waals surface area contributed by atoms with Gasteiger partial charge in [-0.05, 0) is 44.2 Å². The Kier molecular flexibility index (Phi) is 11.9. The molecule has 0 aromatic heterocycles. The molecule has 0 aromatic rings. The third kappa shape index (κ3) is 11.8. The second kappa shape index (κ2) is 13.1. The van der Waals surface area contributed by atoms with Crippen molar-refractivity contribution in [3.05, 3.63) is 0 Å². The number of carboxylic acid groups (broad SMARTS) is 2. The molecule has 6 N–H and O–H groups in total. The van der Waals surface area contributed by atoms with Gasteiger partial charge in [-0.2, -0.15) is 0 Å². The fraction of sp³-hybridized carbons (Fsp3) is 0.688. The zero-order chi connectivity index (χ0) is 19.2. The highest BCUT2D eigenvalue weighted by atomic mass is 16.4. The maximum absolute atomic E-state index is 11.0. The van der Waals surface area contributed by atoms with Gasteiger partial charge in [-0.25, -0.2) is 9.79 Å². The minimum absolute atomic E-state index is 0.0450. The Labute approximate surface area is 147 Å². The first-order chi connectivity index (χ1) is 11.8. The summed E-state index contributed by atoms with van der Waals surface area (Å²) in [6.07, 6.45) is 6.25. The third-order valence-electron chi connectivity index (χ3n) is 3.30. The van der Waals surface area contributed by atoms with Gasteiger partial charge in [-0.1, -0.05) is 13.8 Å².